The number of halogens is 4. The van der Waals surface area contributed by atoms with Gasteiger partial charge in [-0.25, -0.2) is 14.4 Å². The molecule has 0 saturated heterocycles. The van der Waals surface area contributed by atoms with E-state index in [1.54, 1.807) is 25.5 Å². The number of imidazole rings is 1. The Morgan fingerprint density at radius 1 is 0.953 bits per heavy atom. The summed E-state index contributed by atoms with van der Waals surface area (Å²) in [6.07, 6.45) is -0.473. The first-order valence-electron chi connectivity index (χ1n) is 13.2. The number of alkyl halides is 3. The Balaban J connectivity index is 1.22. The molecule has 0 radical (unpaired) electrons. The third kappa shape index (κ3) is 5.78. The van der Waals surface area contributed by atoms with Crippen molar-refractivity contribution in [3.8, 4) is 10.4 Å². The summed E-state index contributed by atoms with van der Waals surface area (Å²) in [5.74, 6) is -1.10. The van der Waals surface area contributed by atoms with E-state index in [9.17, 15) is 22.4 Å². The molecular weight excluding hydrogens is 580 g/mol. The summed E-state index contributed by atoms with van der Waals surface area (Å²) >= 11 is 1.51. The molecule has 7 nitrogen and oxygen atoms in total. The fraction of sp³-hybridized carbons (Fsp3) is 0.161. The second-order valence-electron chi connectivity index (χ2n) is 10.1. The van der Waals surface area contributed by atoms with Gasteiger partial charge in [-0.1, -0.05) is 18.2 Å². The lowest BCUT2D eigenvalue weighted by Crippen LogP contribution is -2.25. The molecule has 0 saturated carbocycles. The molecule has 0 aliphatic carbocycles. The zero-order valence-corrected chi connectivity index (χ0v) is 23.8. The predicted molar refractivity (Wildman–Crippen MR) is 158 cm³/mol. The lowest BCUT2D eigenvalue weighted by atomic mass is 10.1. The van der Waals surface area contributed by atoms with Crippen LogP contribution in [0.2, 0.25) is 0 Å². The summed E-state index contributed by atoms with van der Waals surface area (Å²) in [6, 6.07) is 15.0. The van der Waals surface area contributed by atoms with Crippen molar-refractivity contribution in [2.45, 2.75) is 26.2 Å². The monoisotopic (exact) mass is 604 g/mol. The van der Waals surface area contributed by atoms with Crippen molar-refractivity contribution in [2.75, 3.05) is 5.32 Å². The molecule has 43 heavy (non-hydrogen) atoms. The first kappa shape index (κ1) is 28.3. The highest BCUT2D eigenvalue weighted by Crippen LogP contribution is 2.34. The zero-order valence-electron chi connectivity index (χ0n) is 23.0. The molecule has 12 heteroatoms. The number of carbonyl (C=O) groups excluding carboxylic acids is 1. The van der Waals surface area contributed by atoms with Gasteiger partial charge in [0.25, 0.3) is 5.91 Å². The number of nitrogens with zero attached hydrogens (tertiary/aromatic N) is 4. The Morgan fingerprint density at radius 2 is 1.79 bits per heavy atom. The first-order valence-corrected chi connectivity index (χ1v) is 14.0. The third-order valence-electron chi connectivity index (χ3n) is 7.05. The number of anilines is 1. The van der Waals surface area contributed by atoms with Crippen LogP contribution in [0.25, 0.3) is 32.4 Å². The number of nitrogens with one attached hydrogen (secondary N) is 2. The quantitative estimate of drug-likeness (QED) is 0.188. The van der Waals surface area contributed by atoms with Crippen LogP contribution in [0.1, 0.15) is 31.9 Å². The summed E-state index contributed by atoms with van der Waals surface area (Å²) in [5.41, 5.74) is 3.37. The molecule has 6 aromatic rings. The van der Waals surface area contributed by atoms with Crippen LogP contribution in [0.4, 0.5) is 23.4 Å². The molecule has 0 bridgehead atoms. The minimum atomic E-state index is -4.67. The van der Waals surface area contributed by atoms with E-state index < -0.39 is 17.6 Å². The van der Waals surface area contributed by atoms with Gasteiger partial charge in [-0.3, -0.25) is 9.78 Å². The predicted octanol–water partition coefficient (Wildman–Crippen LogP) is 7.25. The van der Waals surface area contributed by atoms with E-state index in [-0.39, 0.29) is 30.3 Å². The molecule has 0 atom stereocenters. The van der Waals surface area contributed by atoms with E-state index in [0.717, 1.165) is 43.3 Å². The van der Waals surface area contributed by atoms with Crippen molar-refractivity contribution < 1.29 is 22.4 Å². The van der Waals surface area contributed by atoms with Gasteiger partial charge in [0.15, 0.2) is 0 Å². The number of fused-ring (bicyclic) bond motifs is 3. The molecule has 2 N–H and O–H groups in total. The molecule has 0 aliphatic heterocycles. The van der Waals surface area contributed by atoms with Crippen molar-refractivity contribution >= 4 is 45.0 Å². The summed E-state index contributed by atoms with van der Waals surface area (Å²) < 4.78 is 55.9. The molecule has 6 rings (SSSR count). The molecule has 0 aliphatic rings. The van der Waals surface area contributed by atoms with Gasteiger partial charge in [0.05, 0.1) is 41.2 Å². The van der Waals surface area contributed by atoms with Gasteiger partial charge in [-0.2, -0.15) is 13.2 Å². The van der Waals surface area contributed by atoms with E-state index in [4.69, 9.17) is 0 Å². The Morgan fingerprint density at radius 3 is 2.58 bits per heavy atom. The van der Waals surface area contributed by atoms with Crippen LogP contribution < -0.4 is 10.6 Å². The average Bonchev–Trinajstić information content (AvgIpc) is 3.62. The van der Waals surface area contributed by atoms with Gasteiger partial charge in [-0.05, 0) is 60.0 Å². The molecule has 0 spiro atoms. The number of pyridine rings is 2. The lowest BCUT2D eigenvalue weighted by molar-refractivity contribution is -0.137. The number of aromatic nitrogens is 4. The Hall–Kier alpha value is -4.84. The number of hydrogen-bond donors (Lipinski definition) is 2. The molecule has 4 aromatic heterocycles. The van der Waals surface area contributed by atoms with Crippen LogP contribution >= 0.6 is 11.3 Å². The molecule has 2 aromatic carbocycles. The first-order chi connectivity index (χ1) is 20.6. The van der Waals surface area contributed by atoms with E-state index in [1.165, 1.54) is 23.5 Å². The average molecular weight is 605 g/mol. The summed E-state index contributed by atoms with van der Waals surface area (Å²) in [6.45, 7) is 1.84. The summed E-state index contributed by atoms with van der Waals surface area (Å²) in [7, 11) is 1.93. The number of aryl methyl sites for hydroxylation is 2. The maximum absolute atomic E-state index is 13.6. The van der Waals surface area contributed by atoms with Crippen molar-refractivity contribution in [1.82, 2.24) is 24.8 Å². The standard InChI is InChI=1S/C31H24F4N6OS/c1-17-9-18(3-6-24(17)32)12-39-30(42)23-11-20(31(33,34)35)13-37-29(23)38-14-21-5-8-27(43-21)19-4-7-25-22(10-19)28-26(15-36-25)40-16-41(28)2/h3-11,13,15-16H,12,14H2,1-2H3,(H,37,38)(H,39,42). The van der Waals surface area contributed by atoms with Gasteiger partial charge < -0.3 is 15.2 Å². The van der Waals surface area contributed by atoms with Crippen LogP contribution in [0.5, 0.6) is 0 Å². The van der Waals surface area contributed by atoms with Crippen molar-refractivity contribution in [1.29, 1.82) is 0 Å². The Kier molecular flexibility index (Phi) is 7.30. The minimum absolute atomic E-state index is 0.0102. The molecule has 0 unspecified atom stereocenters. The highest BCUT2D eigenvalue weighted by Gasteiger charge is 2.32. The second-order valence-corrected chi connectivity index (χ2v) is 11.3. The highest BCUT2D eigenvalue weighted by molar-refractivity contribution is 7.15. The largest absolute Gasteiger partial charge is 0.417 e. The fourth-order valence-electron chi connectivity index (χ4n) is 4.82. The highest BCUT2D eigenvalue weighted by atomic mass is 32.1. The van der Waals surface area contributed by atoms with Crippen molar-refractivity contribution in [3.63, 3.8) is 0 Å². The van der Waals surface area contributed by atoms with E-state index in [1.807, 2.05) is 35.9 Å². The van der Waals surface area contributed by atoms with E-state index in [0.29, 0.717) is 17.3 Å². The number of hydrogen-bond acceptors (Lipinski definition) is 6. The van der Waals surface area contributed by atoms with Crippen molar-refractivity contribution in [3.05, 3.63) is 106 Å². The van der Waals surface area contributed by atoms with Gasteiger partial charge >= 0.3 is 6.18 Å². The Labute approximate surface area is 247 Å². The van der Waals surface area contributed by atoms with Gasteiger partial charge in [0.2, 0.25) is 0 Å². The number of rotatable bonds is 7. The second kappa shape index (κ2) is 11.1. The molecule has 218 valence electrons. The number of benzene rings is 2. The SMILES string of the molecule is Cc1cc(CNC(=O)c2cc(C(F)(F)F)cnc2NCc2ccc(-c3ccc4ncc5ncn(C)c5c4c3)s2)ccc1F. The van der Waals surface area contributed by atoms with Gasteiger partial charge in [0, 0.05) is 34.9 Å². The topological polar surface area (TPSA) is 84.7 Å². The maximum atomic E-state index is 13.6. The van der Waals surface area contributed by atoms with E-state index >= 15 is 0 Å². The number of thiophene rings is 1. The maximum Gasteiger partial charge on any atom is 0.417 e. The molecule has 0 fully saturated rings. The number of amides is 1. The molecule has 4 heterocycles. The van der Waals surface area contributed by atoms with Crippen molar-refractivity contribution in [2.24, 2.45) is 7.05 Å². The van der Waals surface area contributed by atoms with Crippen LogP contribution in [0.3, 0.4) is 0 Å². The number of carbonyl (C=O) groups is 1. The van der Waals surface area contributed by atoms with E-state index in [2.05, 4.69) is 31.7 Å². The normalized spacial score (nSPS) is 11.8. The molecular formula is C31H24F4N6OS. The zero-order chi connectivity index (χ0) is 30.3. The van der Waals surface area contributed by atoms with Crippen LogP contribution in [-0.4, -0.2) is 25.4 Å². The van der Waals surface area contributed by atoms with Crippen LogP contribution in [0.15, 0.2) is 73.3 Å². The Bertz CT molecular complexity index is 2000. The summed E-state index contributed by atoms with van der Waals surface area (Å²) in [4.78, 5) is 27.7. The third-order valence-corrected chi connectivity index (χ3v) is 8.19. The van der Waals surface area contributed by atoms with Gasteiger partial charge in [-0.15, -0.1) is 11.3 Å². The van der Waals surface area contributed by atoms with Gasteiger partial charge in [0.1, 0.15) is 17.2 Å². The summed E-state index contributed by atoms with van der Waals surface area (Å²) in [5, 5.41) is 6.62. The molecule has 1 amide bonds. The minimum Gasteiger partial charge on any atom is -0.365 e. The fourth-order valence-corrected chi connectivity index (χ4v) is 5.76. The van der Waals surface area contributed by atoms with Crippen LogP contribution in [-0.2, 0) is 26.3 Å². The van der Waals surface area contributed by atoms with Crippen LogP contribution in [0, 0.1) is 12.7 Å². The smallest absolute Gasteiger partial charge is 0.365 e. The lowest BCUT2D eigenvalue weighted by Gasteiger charge is -2.14.